The molecule has 1 fully saturated rings. The van der Waals surface area contributed by atoms with Gasteiger partial charge in [-0.2, -0.15) is 5.26 Å². The monoisotopic (exact) mass is 379 g/mol. The summed E-state index contributed by atoms with van der Waals surface area (Å²) in [5.41, 5.74) is 2.19. The van der Waals surface area contributed by atoms with Crippen molar-refractivity contribution in [3.8, 4) is 6.07 Å². The molecule has 144 valence electrons. The van der Waals surface area contributed by atoms with Crippen LogP contribution in [0.15, 0.2) is 24.3 Å². The van der Waals surface area contributed by atoms with Crippen LogP contribution in [0.1, 0.15) is 45.2 Å². The molecule has 8 heteroatoms. The molecule has 28 heavy (non-hydrogen) atoms. The van der Waals surface area contributed by atoms with Crippen molar-refractivity contribution < 1.29 is 14.3 Å². The maximum absolute atomic E-state index is 13.0. The normalized spacial score (nSPS) is 16.2. The van der Waals surface area contributed by atoms with Gasteiger partial charge in [0.05, 0.1) is 30.5 Å². The number of carbonyl (C=O) groups excluding carboxylic acids is 2. The molecule has 1 N–H and O–H groups in total. The van der Waals surface area contributed by atoms with Gasteiger partial charge in [0.15, 0.2) is 5.82 Å². The molecule has 0 saturated carbocycles. The zero-order chi connectivity index (χ0) is 19.5. The van der Waals surface area contributed by atoms with Crippen LogP contribution in [0.2, 0.25) is 0 Å². The molecule has 2 aliphatic rings. The van der Waals surface area contributed by atoms with Gasteiger partial charge in [-0.15, -0.1) is 0 Å². The number of nitrogens with one attached hydrogen (secondary N) is 1. The van der Waals surface area contributed by atoms with Crippen molar-refractivity contribution in [2.45, 2.75) is 25.8 Å². The molecule has 0 spiro atoms. The molecular formula is C20H21N5O3. The summed E-state index contributed by atoms with van der Waals surface area (Å²) in [6, 6.07) is 8.77. The van der Waals surface area contributed by atoms with E-state index in [0.717, 1.165) is 25.0 Å². The van der Waals surface area contributed by atoms with Crippen molar-refractivity contribution in [2.24, 2.45) is 0 Å². The first kappa shape index (κ1) is 18.2. The number of ether oxygens (including phenoxy) is 1. The van der Waals surface area contributed by atoms with E-state index in [9.17, 15) is 9.59 Å². The number of amides is 2. The van der Waals surface area contributed by atoms with Crippen LogP contribution in [-0.4, -0.2) is 52.6 Å². The standard InChI is InChI=1S/C20H21N5O3/c21-13-14-4-3-5-15(12-14)22-19(26)18-23-17(16-6-1-2-7-25(16)18)20(27)24-8-10-28-11-9-24/h3-5,12H,1-2,6-11H2,(H,22,26). The number of benzene rings is 1. The fraction of sp³-hybridized carbons (Fsp3) is 0.400. The predicted octanol–water partition coefficient (Wildman–Crippen LogP) is 1.82. The number of morpholine rings is 1. The highest BCUT2D eigenvalue weighted by atomic mass is 16.5. The van der Waals surface area contributed by atoms with Crippen LogP contribution in [0.3, 0.4) is 0 Å². The zero-order valence-electron chi connectivity index (χ0n) is 15.5. The molecule has 2 aromatic rings. The van der Waals surface area contributed by atoms with Crippen molar-refractivity contribution in [2.75, 3.05) is 31.6 Å². The second-order valence-electron chi connectivity index (χ2n) is 6.89. The summed E-state index contributed by atoms with van der Waals surface area (Å²) in [5.74, 6) is -0.271. The van der Waals surface area contributed by atoms with Crippen LogP contribution in [0, 0.1) is 11.3 Å². The summed E-state index contributed by atoms with van der Waals surface area (Å²) in [6.07, 6.45) is 2.65. The number of rotatable bonds is 3. The van der Waals surface area contributed by atoms with E-state index in [2.05, 4.69) is 16.4 Å². The Morgan fingerprint density at radius 1 is 1.18 bits per heavy atom. The van der Waals surface area contributed by atoms with Gasteiger partial charge in [-0.3, -0.25) is 9.59 Å². The Balaban J connectivity index is 1.63. The number of hydrogen-bond acceptors (Lipinski definition) is 5. The van der Waals surface area contributed by atoms with Gasteiger partial charge in [-0.05, 0) is 37.5 Å². The molecule has 1 aromatic heterocycles. The van der Waals surface area contributed by atoms with Gasteiger partial charge >= 0.3 is 0 Å². The molecule has 8 nitrogen and oxygen atoms in total. The molecule has 0 aliphatic carbocycles. The first-order chi connectivity index (χ1) is 13.7. The minimum Gasteiger partial charge on any atom is -0.378 e. The fourth-order valence-electron chi connectivity index (χ4n) is 3.66. The average Bonchev–Trinajstić information content (AvgIpc) is 3.14. The highest BCUT2D eigenvalue weighted by Gasteiger charge is 2.30. The average molecular weight is 379 g/mol. The minimum absolute atomic E-state index is 0.139. The van der Waals surface area contributed by atoms with Gasteiger partial charge < -0.3 is 19.5 Å². The summed E-state index contributed by atoms with van der Waals surface area (Å²) in [5, 5.41) is 11.8. The first-order valence-electron chi connectivity index (χ1n) is 9.45. The Hall–Kier alpha value is -3.18. The lowest BCUT2D eigenvalue weighted by atomic mass is 10.1. The Morgan fingerprint density at radius 3 is 2.79 bits per heavy atom. The van der Waals surface area contributed by atoms with Crippen molar-refractivity contribution >= 4 is 17.5 Å². The Kier molecular flexibility index (Phi) is 5.08. The molecule has 1 aromatic carbocycles. The number of aromatic nitrogens is 2. The number of nitriles is 1. The predicted molar refractivity (Wildman–Crippen MR) is 101 cm³/mol. The molecule has 0 atom stereocenters. The number of fused-ring (bicyclic) bond motifs is 1. The van der Waals surface area contributed by atoms with Crippen LogP contribution < -0.4 is 5.32 Å². The molecule has 2 aliphatic heterocycles. The molecular weight excluding hydrogens is 358 g/mol. The Morgan fingerprint density at radius 2 is 2.00 bits per heavy atom. The van der Waals surface area contributed by atoms with Gasteiger partial charge in [0, 0.05) is 25.3 Å². The van der Waals surface area contributed by atoms with Gasteiger partial charge in [0.2, 0.25) is 0 Å². The second kappa shape index (κ2) is 7.82. The molecule has 0 radical (unpaired) electrons. The van der Waals surface area contributed by atoms with E-state index in [-0.39, 0.29) is 17.6 Å². The fourth-order valence-corrected chi connectivity index (χ4v) is 3.66. The van der Waals surface area contributed by atoms with Gasteiger partial charge in [0.1, 0.15) is 5.69 Å². The molecule has 3 heterocycles. The maximum Gasteiger partial charge on any atom is 0.291 e. The molecule has 2 amide bonds. The Bertz CT molecular complexity index is 953. The largest absolute Gasteiger partial charge is 0.378 e. The highest BCUT2D eigenvalue weighted by Crippen LogP contribution is 2.23. The van der Waals surface area contributed by atoms with E-state index in [1.165, 1.54) is 0 Å². The summed E-state index contributed by atoms with van der Waals surface area (Å²) in [7, 11) is 0. The van der Waals surface area contributed by atoms with Crippen LogP contribution >= 0.6 is 0 Å². The van der Waals surface area contributed by atoms with Crippen LogP contribution in [0.25, 0.3) is 0 Å². The molecule has 1 saturated heterocycles. The highest BCUT2D eigenvalue weighted by molar-refractivity contribution is 6.03. The number of hydrogen-bond donors (Lipinski definition) is 1. The van der Waals surface area contributed by atoms with E-state index in [1.807, 2.05) is 4.57 Å². The van der Waals surface area contributed by atoms with Gasteiger partial charge in [-0.1, -0.05) is 6.07 Å². The molecule has 0 bridgehead atoms. The topological polar surface area (TPSA) is 100 Å². The SMILES string of the molecule is N#Cc1cccc(NC(=O)c2nc(C(=O)N3CCOCC3)c3n2CCCC3)c1. The Labute approximate surface area is 162 Å². The van der Waals surface area contributed by atoms with E-state index in [0.29, 0.717) is 49.8 Å². The number of carbonyl (C=O) groups is 2. The lowest BCUT2D eigenvalue weighted by Gasteiger charge is -2.26. The van der Waals surface area contributed by atoms with Crippen LogP contribution in [0.5, 0.6) is 0 Å². The maximum atomic E-state index is 13.0. The van der Waals surface area contributed by atoms with Crippen LogP contribution in [-0.2, 0) is 17.7 Å². The van der Waals surface area contributed by atoms with Crippen LogP contribution in [0.4, 0.5) is 5.69 Å². The van der Waals surface area contributed by atoms with Crippen molar-refractivity contribution in [3.05, 3.63) is 47.0 Å². The third kappa shape index (κ3) is 3.49. The zero-order valence-corrected chi connectivity index (χ0v) is 15.5. The van der Waals surface area contributed by atoms with E-state index in [1.54, 1.807) is 29.2 Å². The van der Waals surface area contributed by atoms with E-state index >= 15 is 0 Å². The lowest BCUT2D eigenvalue weighted by Crippen LogP contribution is -2.41. The van der Waals surface area contributed by atoms with Gasteiger partial charge in [0.25, 0.3) is 11.8 Å². The van der Waals surface area contributed by atoms with Crippen molar-refractivity contribution in [1.82, 2.24) is 14.5 Å². The quantitative estimate of drug-likeness (QED) is 0.877. The lowest BCUT2D eigenvalue weighted by molar-refractivity contribution is 0.0298. The number of nitrogens with zero attached hydrogens (tertiary/aromatic N) is 4. The summed E-state index contributed by atoms with van der Waals surface area (Å²) in [4.78, 5) is 32.0. The van der Waals surface area contributed by atoms with E-state index < -0.39 is 0 Å². The first-order valence-corrected chi connectivity index (χ1v) is 9.45. The summed E-state index contributed by atoms with van der Waals surface area (Å²) in [6.45, 7) is 2.77. The smallest absolute Gasteiger partial charge is 0.291 e. The molecule has 0 unspecified atom stereocenters. The summed E-state index contributed by atoms with van der Waals surface area (Å²) >= 11 is 0. The summed E-state index contributed by atoms with van der Waals surface area (Å²) < 4.78 is 7.18. The van der Waals surface area contributed by atoms with Gasteiger partial charge in [-0.25, -0.2) is 4.98 Å². The van der Waals surface area contributed by atoms with Crippen molar-refractivity contribution in [3.63, 3.8) is 0 Å². The number of anilines is 1. The minimum atomic E-state index is -0.376. The molecule has 4 rings (SSSR count). The van der Waals surface area contributed by atoms with E-state index in [4.69, 9.17) is 10.00 Å². The second-order valence-corrected chi connectivity index (χ2v) is 6.89. The van der Waals surface area contributed by atoms with Crippen molar-refractivity contribution in [1.29, 1.82) is 5.26 Å². The third-order valence-electron chi connectivity index (χ3n) is 5.07. The number of imidazole rings is 1. The third-order valence-corrected chi connectivity index (χ3v) is 5.07.